The monoisotopic (exact) mass is 391 g/mol. The second-order valence-electron chi connectivity index (χ2n) is 6.49. The Morgan fingerprint density at radius 2 is 1.65 bits per heavy atom. The third-order valence-electron chi connectivity index (χ3n) is 4.94. The topological polar surface area (TPSA) is 95.6 Å². The maximum atomic E-state index is 13.8. The number of hydrogen-bond donors (Lipinski definition) is 2. The number of carbonyl (C=O) groups excluding carboxylic acids is 2. The minimum Gasteiger partial charge on any atom is -0.323 e. The lowest BCUT2D eigenvalue weighted by Crippen LogP contribution is -2.54. The zero-order valence-corrected chi connectivity index (χ0v) is 14.5. The normalized spacial score (nSPS) is 25.2. The van der Waals surface area contributed by atoms with Gasteiger partial charge in [-0.2, -0.15) is 4.31 Å². The van der Waals surface area contributed by atoms with E-state index in [9.17, 15) is 31.2 Å². The van der Waals surface area contributed by atoms with Crippen molar-refractivity contribution in [3.8, 4) is 0 Å². The van der Waals surface area contributed by atoms with Gasteiger partial charge in [0.25, 0.3) is 5.91 Å². The molecule has 26 heavy (non-hydrogen) atoms. The van der Waals surface area contributed by atoms with Gasteiger partial charge >= 0.3 is 6.03 Å². The minimum absolute atomic E-state index is 0.0514. The van der Waals surface area contributed by atoms with Gasteiger partial charge in [0.1, 0.15) is 16.3 Å². The molecule has 2 heterocycles. The average Bonchev–Trinajstić information content (AvgIpc) is 2.84. The fraction of sp³-hybridized carbons (Fsp3) is 0.467. The van der Waals surface area contributed by atoms with E-state index in [0.717, 1.165) is 4.31 Å². The number of piperidine rings is 1. The lowest BCUT2D eigenvalue weighted by Gasteiger charge is -2.38. The molecule has 0 bridgehead atoms. The van der Waals surface area contributed by atoms with Gasteiger partial charge in [-0.05, 0) is 31.7 Å². The highest BCUT2D eigenvalue weighted by molar-refractivity contribution is 7.89. The summed E-state index contributed by atoms with van der Waals surface area (Å²) in [5.41, 5.74) is -1.15. The molecule has 0 radical (unpaired) electrons. The summed E-state index contributed by atoms with van der Waals surface area (Å²) in [6.07, 6.45) is 0.462. The Kier molecular flexibility index (Phi) is 4.47. The number of nitrogens with one attached hydrogen (secondary N) is 2. The molecule has 0 aliphatic carbocycles. The summed E-state index contributed by atoms with van der Waals surface area (Å²) in [5, 5.41) is 4.68. The van der Waals surface area contributed by atoms with Crippen LogP contribution in [-0.2, 0) is 14.8 Å². The van der Waals surface area contributed by atoms with Gasteiger partial charge in [-0.3, -0.25) is 10.1 Å². The molecule has 1 aromatic rings. The molecule has 142 valence electrons. The van der Waals surface area contributed by atoms with E-state index in [4.69, 9.17) is 0 Å². The summed E-state index contributed by atoms with van der Waals surface area (Å²) >= 11 is 0. The van der Waals surface area contributed by atoms with Crippen LogP contribution in [0.2, 0.25) is 0 Å². The highest BCUT2D eigenvalue weighted by atomic mass is 32.2. The summed E-state index contributed by atoms with van der Waals surface area (Å²) in [6, 6.07) is -0.108. The SMILES string of the molecule is CC1(C2CCN(S(=O)(=O)c3cc(F)c(F)cc3F)CC2)NC(=O)NC1=O. The predicted molar refractivity (Wildman–Crippen MR) is 82.9 cm³/mol. The number of halogens is 3. The van der Waals surface area contributed by atoms with E-state index < -0.39 is 49.8 Å². The molecule has 3 rings (SSSR count). The van der Waals surface area contributed by atoms with Crippen LogP contribution in [0.5, 0.6) is 0 Å². The number of sulfonamides is 1. The molecule has 2 aliphatic heterocycles. The Labute approximate surface area is 147 Å². The van der Waals surface area contributed by atoms with Crippen LogP contribution in [-0.4, -0.2) is 43.3 Å². The maximum Gasteiger partial charge on any atom is 0.322 e. The van der Waals surface area contributed by atoms with Crippen LogP contribution in [0.25, 0.3) is 0 Å². The van der Waals surface area contributed by atoms with Gasteiger partial charge in [0.2, 0.25) is 10.0 Å². The summed E-state index contributed by atoms with van der Waals surface area (Å²) in [7, 11) is -4.36. The van der Waals surface area contributed by atoms with Gasteiger partial charge in [-0.25, -0.2) is 26.4 Å². The third-order valence-corrected chi connectivity index (χ3v) is 6.85. The molecule has 1 unspecified atom stereocenters. The van der Waals surface area contributed by atoms with Crippen LogP contribution < -0.4 is 10.6 Å². The van der Waals surface area contributed by atoms with Crippen molar-refractivity contribution in [1.82, 2.24) is 14.9 Å². The second-order valence-corrected chi connectivity index (χ2v) is 8.39. The molecule has 2 aliphatic rings. The van der Waals surface area contributed by atoms with Crippen molar-refractivity contribution in [3.63, 3.8) is 0 Å². The molecular weight excluding hydrogens is 375 g/mol. The van der Waals surface area contributed by atoms with Crippen molar-refractivity contribution in [1.29, 1.82) is 0 Å². The Morgan fingerprint density at radius 1 is 1.08 bits per heavy atom. The number of carbonyl (C=O) groups is 2. The molecule has 2 N–H and O–H groups in total. The minimum atomic E-state index is -4.36. The first kappa shape index (κ1) is 18.6. The van der Waals surface area contributed by atoms with Gasteiger partial charge in [0, 0.05) is 19.2 Å². The van der Waals surface area contributed by atoms with Crippen molar-refractivity contribution < 1.29 is 31.2 Å². The van der Waals surface area contributed by atoms with Gasteiger partial charge in [0.05, 0.1) is 0 Å². The Hall–Kier alpha value is -2.14. The quantitative estimate of drug-likeness (QED) is 0.596. The largest absolute Gasteiger partial charge is 0.323 e. The van der Waals surface area contributed by atoms with Crippen molar-refractivity contribution in [2.24, 2.45) is 5.92 Å². The predicted octanol–water partition coefficient (Wildman–Crippen LogP) is 1.10. The molecule has 0 saturated carbocycles. The van der Waals surface area contributed by atoms with E-state index in [1.165, 1.54) is 0 Å². The molecular formula is C15H16F3N3O4S. The fourth-order valence-electron chi connectivity index (χ4n) is 3.36. The number of urea groups is 1. The second kappa shape index (κ2) is 6.23. The number of nitrogens with zero attached hydrogens (tertiary/aromatic N) is 1. The highest BCUT2D eigenvalue weighted by Crippen LogP contribution is 2.33. The number of amides is 3. The fourth-order valence-corrected chi connectivity index (χ4v) is 4.89. The lowest BCUT2D eigenvalue weighted by molar-refractivity contribution is -0.125. The van der Waals surface area contributed by atoms with Gasteiger partial charge in [0.15, 0.2) is 11.6 Å². The molecule has 7 nitrogen and oxygen atoms in total. The third kappa shape index (κ3) is 2.94. The summed E-state index contributed by atoms with van der Waals surface area (Å²) < 4.78 is 66.3. The molecule has 3 amide bonds. The van der Waals surface area contributed by atoms with Crippen molar-refractivity contribution in [3.05, 3.63) is 29.6 Å². The zero-order valence-electron chi connectivity index (χ0n) is 13.7. The standard InChI is InChI=1S/C15H16F3N3O4S/c1-15(13(22)19-14(23)20-15)8-2-4-21(5-3-8)26(24,25)12-7-10(17)9(16)6-11(12)18/h6-8H,2-5H2,1H3,(H2,19,20,22,23). The lowest BCUT2D eigenvalue weighted by atomic mass is 9.79. The van der Waals surface area contributed by atoms with Gasteiger partial charge in [-0.1, -0.05) is 0 Å². The highest BCUT2D eigenvalue weighted by Gasteiger charge is 2.49. The molecule has 11 heteroatoms. The van der Waals surface area contributed by atoms with E-state index in [0.29, 0.717) is 6.07 Å². The molecule has 0 spiro atoms. The number of hydrogen-bond acceptors (Lipinski definition) is 4. The Balaban J connectivity index is 1.79. The van der Waals surface area contributed by atoms with E-state index in [-0.39, 0.29) is 37.9 Å². The van der Waals surface area contributed by atoms with E-state index >= 15 is 0 Å². The number of imide groups is 1. The average molecular weight is 391 g/mol. The number of benzene rings is 1. The van der Waals surface area contributed by atoms with Crippen molar-refractivity contribution >= 4 is 22.0 Å². The van der Waals surface area contributed by atoms with Gasteiger partial charge in [-0.15, -0.1) is 0 Å². The smallest absolute Gasteiger partial charge is 0.322 e. The summed E-state index contributed by atoms with van der Waals surface area (Å²) in [6.45, 7) is 1.45. The van der Waals surface area contributed by atoms with E-state index in [1.807, 2.05) is 0 Å². The zero-order chi connectivity index (χ0) is 19.3. The summed E-state index contributed by atoms with van der Waals surface area (Å²) in [4.78, 5) is 22.4. The summed E-state index contributed by atoms with van der Waals surface area (Å²) in [5.74, 6) is -5.13. The van der Waals surface area contributed by atoms with Crippen LogP contribution in [0, 0.1) is 23.4 Å². The van der Waals surface area contributed by atoms with Crippen LogP contribution in [0.3, 0.4) is 0 Å². The molecule has 1 aromatic carbocycles. The molecule has 1 atom stereocenters. The van der Waals surface area contributed by atoms with Crippen LogP contribution >= 0.6 is 0 Å². The van der Waals surface area contributed by atoms with E-state index in [2.05, 4.69) is 10.6 Å². The first-order chi connectivity index (χ1) is 12.1. The van der Waals surface area contributed by atoms with Crippen LogP contribution in [0.1, 0.15) is 19.8 Å². The molecule has 2 fully saturated rings. The number of rotatable bonds is 3. The van der Waals surface area contributed by atoms with Crippen molar-refractivity contribution in [2.45, 2.75) is 30.2 Å². The molecule has 2 saturated heterocycles. The Morgan fingerprint density at radius 3 is 2.19 bits per heavy atom. The Bertz CT molecular complexity index is 884. The van der Waals surface area contributed by atoms with E-state index in [1.54, 1.807) is 6.92 Å². The van der Waals surface area contributed by atoms with Crippen molar-refractivity contribution in [2.75, 3.05) is 13.1 Å². The first-order valence-electron chi connectivity index (χ1n) is 7.84. The molecule has 0 aromatic heterocycles. The van der Waals surface area contributed by atoms with Gasteiger partial charge < -0.3 is 5.32 Å². The van der Waals surface area contributed by atoms with Crippen LogP contribution in [0.4, 0.5) is 18.0 Å². The maximum absolute atomic E-state index is 13.8. The van der Waals surface area contributed by atoms with Crippen LogP contribution in [0.15, 0.2) is 17.0 Å². The first-order valence-corrected chi connectivity index (χ1v) is 9.28.